The number of methoxy groups -OCH3 is 1. The molecule has 0 aromatic carbocycles. The second kappa shape index (κ2) is 7.21. The van der Waals surface area contributed by atoms with E-state index in [1.807, 2.05) is 7.05 Å². The van der Waals surface area contributed by atoms with Crippen LogP contribution in [0, 0.1) is 0 Å². The quantitative estimate of drug-likeness (QED) is 0.872. The van der Waals surface area contributed by atoms with E-state index in [0.717, 1.165) is 12.8 Å². The molecule has 0 saturated carbocycles. The van der Waals surface area contributed by atoms with Crippen molar-refractivity contribution < 1.29 is 13.2 Å². The molecular weight excluding hydrogens is 302 g/mol. The van der Waals surface area contributed by atoms with Crippen LogP contribution < -0.4 is 10.1 Å². The molecule has 20 heavy (non-hydrogen) atoms. The molecule has 1 fully saturated rings. The lowest BCUT2D eigenvalue weighted by Gasteiger charge is -2.23. The summed E-state index contributed by atoms with van der Waals surface area (Å²) in [7, 11) is -0.128. The maximum atomic E-state index is 12.5. The van der Waals surface area contributed by atoms with Crippen LogP contribution in [0.2, 0.25) is 0 Å². The van der Waals surface area contributed by atoms with E-state index in [0.29, 0.717) is 19.0 Å². The summed E-state index contributed by atoms with van der Waals surface area (Å²) in [5.41, 5.74) is 0. The standard InChI is InChI=1S/C12H19N3O3S.ClH/c1-13-8-10-4-3-7-15(10)19(16,17)11-5-6-12(18-2)14-9-11;/h5-6,9-10,13H,3-4,7-8H2,1-2H3;1H. The summed E-state index contributed by atoms with van der Waals surface area (Å²) in [6, 6.07) is 3.13. The zero-order valence-corrected chi connectivity index (χ0v) is 13.2. The van der Waals surface area contributed by atoms with E-state index < -0.39 is 10.0 Å². The Bertz CT molecular complexity index is 521. The van der Waals surface area contributed by atoms with Crippen LogP contribution in [-0.2, 0) is 10.0 Å². The minimum atomic E-state index is -3.46. The lowest BCUT2D eigenvalue weighted by molar-refractivity contribution is 0.378. The van der Waals surface area contributed by atoms with Gasteiger partial charge in [0.05, 0.1) is 13.3 Å². The maximum Gasteiger partial charge on any atom is 0.244 e. The number of pyridine rings is 1. The molecule has 1 N–H and O–H groups in total. The van der Waals surface area contributed by atoms with Crippen molar-refractivity contribution in [1.29, 1.82) is 0 Å². The van der Waals surface area contributed by atoms with Crippen molar-refractivity contribution in [3.05, 3.63) is 18.3 Å². The first-order chi connectivity index (χ1) is 9.09. The highest BCUT2D eigenvalue weighted by atomic mass is 35.5. The molecule has 2 heterocycles. The molecule has 1 saturated heterocycles. The fourth-order valence-corrected chi connectivity index (χ4v) is 3.98. The van der Waals surface area contributed by atoms with Crippen LogP contribution in [-0.4, -0.2) is 51.0 Å². The number of likely N-dealkylation sites (N-methyl/N-ethyl adjacent to an activating group) is 1. The first kappa shape index (κ1) is 17.2. The summed E-state index contributed by atoms with van der Waals surface area (Å²) in [6.07, 6.45) is 3.14. The van der Waals surface area contributed by atoms with E-state index in [-0.39, 0.29) is 23.3 Å². The second-order valence-electron chi connectivity index (χ2n) is 4.51. The molecule has 0 aliphatic carbocycles. The van der Waals surface area contributed by atoms with E-state index in [2.05, 4.69) is 10.3 Å². The molecule has 6 nitrogen and oxygen atoms in total. The zero-order chi connectivity index (χ0) is 13.9. The predicted molar refractivity (Wildman–Crippen MR) is 78.9 cm³/mol. The Labute approximate surface area is 126 Å². The molecule has 0 radical (unpaired) electrons. The van der Waals surface area contributed by atoms with Gasteiger partial charge in [0.2, 0.25) is 15.9 Å². The third-order valence-electron chi connectivity index (χ3n) is 3.29. The molecule has 0 amide bonds. The normalized spacial score (nSPS) is 19.6. The number of hydrogen-bond donors (Lipinski definition) is 1. The number of nitrogens with one attached hydrogen (secondary N) is 1. The van der Waals surface area contributed by atoms with Crippen molar-refractivity contribution in [2.45, 2.75) is 23.8 Å². The van der Waals surface area contributed by atoms with E-state index in [9.17, 15) is 8.42 Å². The number of aromatic nitrogens is 1. The average Bonchev–Trinajstić information content (AvgIpc) is 2.88. The van der Waals surface area contributed by atoms with Gasteiger partial charge in [-0.1, -0.05) is 0 Å². The molecule has 114 valence electrons. The van der Waals surface area contributed by atoms with Gasteiger partial charge in [0.15, 0.2) is 0 Å². The minimum absolute atomic E-state index is 0. The van der Waals surface area contributed by atoms with Gasteiger partial charge >= 0.3 is 0 Å². The lowest BCUT2D eigenvalue weighted by atomic mass is 10.2. The van der Waals surface area contributed by atoms with Gasteiger partial charge in [-0.15, -0.1) is 12.4 Å². The molecule has 1 unspecified atom stereocenters. The van der Waals surface area contributed by atoms with Gasteiger partial charge in [-0.2, -0.15) is 4.31 Å². The summed E-state index contributed by atoms with van der Waals surface area (Å²) >= 11 is 0. The van der Waals surface area contributed by atoms with Gasteiger partial charge in [-0.25, -0.2) is 13.4 Å². The molecular formula is C12H20ClN3O3S. The van der Waals surface area contributed by atoms with Crippen molar-refractivity contribution >= 4 is 22.4 Å². The minimum Gasteiger partial charge on any atom is -0.481 e. The second-order valence-corrected chi connectivity index (χ2v) is 6.40. The summed E-state index contributed by atoms with van der Waals surface area (Å²) in [6.45, 7) is 1.24. The van der Waals surface area contributed by atoms with Gasteiger partial charge in [-0.05, 0) is 26.0 Å². The van der Waals surface area contributed by atoms with E-state index >= 15 is 0 Å². The van der Waals surface area contributed by atoms with Crippen molar-refractivity contribution in [3.8, 4) is 5.88 Å². The molecule has 1 atom stereocenters. The van der Waals surface area contributed by atoms with E-state index in [1.165, 1.54) is 19.4 Å². The average molecular weight is 322 g/mol. The van der Waals surface area contributed by atoms with Gasteiger partial charge < -0.3 is 10.1 Å². The highest BCUT2D eigenvalue weighted by Crippen LogP contribution is 2.25. The summed E-state index contributed by atoms with van der Waals surface area (Å²) in [5.74, 6) is 0.409. The monoisotopic (exact) mass is 321 g/mol. The SMILES string of the molecule is CNCC1CCCN1S(=O)(=O)c1ccc(OC)nc1.Cl. The predicted octanol–water partition coefficient (Wildman–Crippen LogP) is 0.884. The van der Waals surface area contributed by atoms with Crippen LogP contribution in [0.3, 0.4) is 0 Å². The molecule has 1 aromatic heterocycles. The Hall–Kier alpha value is -0.890. The molecule has 1 aromatic rings. The van der Waals surface area contributed by atoms with Gasteiger partial charge in [0, 0.05) is 25.2 Å². The molecule has 1 aliphatic heterocycles. The fourth-order valence-electron chi connectivity index (χ4n) is 2.34. The van der Waals surface area contributed by atoms with Crippen LogP contribution in [0.4, 0.5) is 0 Å². The highest BCUT2D eigenvalue weighted by Gasteiger charge is 2.34. The molecule has 0 spiro atoms. The van der Waals surface area contributed by atoms with Gasteiger partial charge in [0.1, 0.15) is 4.90 Å². The Morgan fingerprint density at radius 1 is 1.50 bits per heavy atom. The largest absolute Gasteiger partial charge is 0.481 e. The maximum absolute atomic E-state index is 12.5. The molecule has 1 aliphatic rings. The van der Waals surface area contributed by atoms with E-state index in [4.69, 9.17) is 4.74 Å². The van der Waals surface area contributed by atoms with Crippen molar-refractivity contribution in [3.63, 3.8) is 0 Å². The topological polar surface area (TPSA) is 71.5 Å². The smallest absolute Gasteiger partial charge is 0.244 e. The van der Waals surface area contributed by atoms with Crippen LogP contribution in [0.15, 0.2) is 23.2 Å². The number of rotatable bonds is 5. The van der Waals surface area contributed by atoms with Crippen molar-refractivity contribution in [2.75, 3.05) is 27.2 Å². The number of hydrogen-bond acceptors (Lipinski definition) is 5. The van der Waals surface area contributed by atoms with Crippen LogP contribution in [0.25, 0.3) is 0 Å². The fraction of sp³-hybridized carbons (Fsp3) is 0.583. The van der Waals surface area contributed by atoms with Crippen LogP contribution in [0.1, 0.15) is 12.8 Å². The summed E-state index contributed by atoms with van der Waals surface area (Å²) in [4.78, 5) is 4.18. The van der Waals surface area contributed by atoms with Crippen molar-refractivity contribution in [2.24, 2.45) is 0 Å². The van der Waals surface area contributed by atoms with E-state index in [1.54, 1.807) is 10.4 Å². The first-order valence-corrected chi connectivity index (χ1v) is 7.70. The van der Waals surface area contributed by atoms with Gasteiger partial charge in [0.25, 0.3) is 0 Å². The number of nitrogens with zero attached hydrogens (tertiary/aromatic N) is 2. The van der Waals surface area contributed by atoms with Crippen molar-refractivity contribution in [1.82, 2.24) is 14.6 Å². The molecule has 2 rings (SSSR count). The van der Waals surface area contributed by atoms with Gasteiger partial charge in [-0.3, -0.25) is 0 Å². The Kier molecular flexibility index (Phi) is 6.19. The Balaban J connectivity index is 0.00000200. The van der Waals surface area contributed by atoms with Crippen LogP contribution in [0.5, 0.6) is 5.88 Å². The zero-order valence-electron chi connectivity index (χ0n) is 11.6. The summed E-state index contributed by atoms with van der Waals surface area (Å²) < 4.78 is 31.6. The number of halogens is 1. The Morgan fingerprint density at radius 3 is 2.80 bits per heavy atom. The molecule has 0 bridgehead atoms. The number of sulfonamides is 1. The molecule has 8 heteroatoms. The third-order valence-corrected chi connectivity index (χ3v) is 5.22. The third kappa shape index (κ3) is 3.41. The first-order valence-electron chi connectivity index (χ1n) is 6.26. The Morgan fingerprint density at radius 2 is 2.25 bits per heavy atom. The summed E-state index contributed by atoms with van der Waals surface area (Å²) in [5, 5.41) is 3.04. The number of ether oxygens (including phenoxy) is 1. The highest BCUT2D eigenvalue weighted by molar-refractivity contribution is 7.89. The lowest BCUT2D eigenvalue weighted by Crippen LogP contribution is -2.40. The van der Waals surface area contributed by atoms with Crippen LogP contribution >= 0.6 is 12.4 Å².